The summed E-state index contributed by atoms with van der Waals surface area (Å²) in [4.78, 5) is 12.8. The molecule has 1 fully saturated rings. The van der Waals surface area contributed by atoms with Crippen LogP contribution in [0.15, 0.2) is 0 Å². The number of hydrogen-bond donors (Lipinski definition) is 0. The van der Waals surface area contributed by atoms with E-state index >= 15 is 0 Å². The Morgan fingerprint density at radius 2 is 2.36 bits per heavy atom. The van der Waals surface area contributed by atoms with Crippen molar-refractivity contribution in [2.24, 2.45) is 11.8 Å². The minimum Gasteiger partial charge on any atom is -0.332 e. The number of nitriles is 1. The van der Waals surface area contributed by atoms with Crippen molar-refractivity contribution in [2.45, 2.75) is 13.3 Å². The van der Waals surface area contributed by atoms with Gasteiger partial charge in [0, 0.05) is 13.0 Å². The van der Waals surface area contributed by atoms with Crippen LogP contribution in [0.1, 0.15) is 13.3 Å². The molecule has 0 aliphatic heterocycles. The van der Waals surface area contributed by atoms with Crippen LogP contribution in [0, 0.1) is 23.2 Å². The van der Waals surface area contributed by atoms with Crippen molar-refractivity contribution < 1.29 is 4.79 Å². The summed E-state index contributed by atoms with van der Waals surface area (Å²) >= 11 is 0. The monoisotopic (exact) mass is 152 g/mol. The third kappa shape index (κ3) is 1.70. The summed E-state index contributed by atoms with van der Waals surface area (Å²) in [5.41, 5.74) is 0. The quantitative estimate of drug-likeness (QED) is 0.544. The van der Waals surface area contributed by atoms with E-state index in [1.807, 2.05) is 6.07 Å². The molecule has 0 aromatic carbocycles. The first-order valence-corrected chi connectivity index (χ1v) is 3.78. The van der Waals surface area contributed by atoms with Gasteiger partial charge in [-0.15, -0.1) is 0 Å². The largest absolute Gasteiger partial charge is 0.332 e. The van der Waals surface area contributed by atoms with Gasteiger partial charge in [-0.1, -0.05) is 6.92 Å². The molecule has 1 rings (SSSR count). The number of rotatable bonds is 2. The highest BCUT2D eigenvalue weighted by atomic mass is 16.2. The van der Waals surface area contributed by atoms with Crippen molar-refractivity contribution >= 4 is 5.91 Å². The van der Waals surface area contributed by atoms with E-state index in [2.05, 4.69) is 6.92 Å². The van der Waals surface area contributed by atoms with E-state index in [9.17, 15) is 4.79 Å². The van der Waals surface area contributed by atoms with Crippen LogP contribution in [-0.2, 0) is 4.79 Å². The van der Waals surface area contributed by atoms with Gasteiger partial charge in [0.1, 0.15) is 6.54 Å². The summed E-state index contributed by atoms with van der Waals surface area (Å²) in [6.07, 6.45) is 0.995. The molecule has 0 radical (unpaired) electrons. The fourth-order valence-electron chi connectivity index (χ4n) is 1.13. The average Bonchev–Trinajstić information content (AvgIpc) is 2.66. The van der Waals surface area contributed by atoms with E-state index in [1.54, 1.807) is 7.05 Å². The molecule has 1 amide bonds. The van der Waals surface area contributed by atoms with Gasteiger partial charge in [0.05, 0.1) is 6.07 Å². The number of nitrogens with zero attached hydrogens (tertiary/aromatic N) is 2. The Hall–Kier alpha value is -1.04. The number of amides is 1. The second-order valence-corrected chi connectivity index (χ2v) is 3.17. The van der Waals surface area contributed by atoms with Gasteiger partial charge in [0.2, 0.25) is 5.91 Å². The maximum absolute atomic E-state index is 11.3. The van der Waals surface area contributed by atoms with Gasteiger partial charge < -0.3 is 4.90 Å². The van der Waals surface area contributed by atoms with Crippen molar-refractivity contribution in [1.82, 2.24) is 4.90 Å². The fourth-order valence-corrected chi connectivity index (χ4v) is 1.13. The van der Waals surface area contributed by atoms with Crippen molar-refractivity contribution in [1.29, 1.82) is 5.26 Å². The summed E-state index contributed by atoms with van der Waals surface area (Å²) in [6.45, 7) is 2.27. The lowest BCUT2D eigenvalue weighted by atomic mass is 10.3. The highest BCUT2D eigenvalue weighted by molar-refractivity contribution is 5.81. The third-order valence-electron chi connectivity index (χ3n) is 2.11. The standard InChI is InChI=1S/C8H12N2O/c1-6-5-7(6)8(11)10(2)4-3-9/h6-7H,4-5H2,1-2H3/t6-,7-/m0/s1. The lowest BCUT2D eigenvalue weighted by molar-refractivity contribution is -0.130. The lowest BCUT2D eigenvalue weighted by Gasteiger charge is -2.11. The SMILES string of the molecule is C[C@H]1C[C@@H]1C(=O)N(C)CC#N. The molecular weight excluding hydrogens is 140 g/mol. The first-order valence-electron chi connectivity index (χ1n) is 3.78. The van der Waals surface area contributed by atoms with E-state index in [4.69, 9.17) is 5.26 Å². The smallest absolute Gasteiger partial charge is 0.226 e. The van der Waals surface area contributed by atoms with Crippen LogP contribution in [0.3, 0.4) is 0 Å². The zero-order chi connectivity index (χ0) is 8.43. The van der Waals surface area contributed by atoms with Gasteiger partial charge in [-0.2, -0.15) is 5.26 Å². The molecule has 11 heavy (non-hydrogen) atoms. The molecule has 3 heteroatoms. The zero-order valence-corrected chi connectivity index (χ0v) is 6.87. The Bertz CT molecular complexity index is 207. The fraction of sp³-hybridized carbons (Fsp3) is 0.750. The molecule has 0 spiro atoms. The Morgan fingerprint density at radius 1 is 1.82 bits per heavy atom. The van der Waals surface area contributed by atoms with Gasteiger partial charge in [0.15, 0.2) is 0 Å². The lowest BCUT2D eigenvalue weighted by Crippen LogP contribution is -2.28. The Balaban J connectivity index is 2.37. The Morgan fingerprint density at radius 3 is 2.73 bits per heavy atom. The molecule has 1 aliphatic rings. The van der Waals surface area contributed by atoms with Crippen molar-refractivity contribution in [2.75, 3.05) is 13.6 Å². The highest BCUT2D eigenvalue weighted by Gasteiger charge is 2.40. The summed E-state index contributed by atoms with van der Waals surface area (Å²) < 4.78 is 0. The number of carbonyl (C=O) groups excluding carboxylic acids is 1. The Labute approximate surface area is 66.6 Å². The van der Waals surface area contributed by atoms with E-state index < -0.39 is 0 Å². The maximum atomic E-state index is 11.3. The predicted octanol–water partition coefficient (Wildman–Crippen LogP) is 0.624. The number of carbonyl (C=O) groups is 1. The first-order chi connectivity index (χ1) is 5.16. The molecule has 0 unspecified atom stereocenters. The molecule has 0 aromatic rings. The van der Waals surface area contributed by atoms with Gasteiger partial charge in [-0.3, -0.25) is 4.79 Å². The molecule has 2 atom stereocenters. The normalized spacial score (nSPS) is 27.4. The van der Waals surface area contributed by atoms with Gasteiger partial charge in [-0.25, -0.2) is 0 Å². The molecule has 0 bridgehead atoms. The second-order valence-electron chi connectivity index (χ2n) is 3.17. The maximum Gasteiger partial charge on any atom is 0.226 e. The van der Waals surface area contributed by atoms with Crippen molar-refractivity contribution in [3.8, 4) is 6.07 Å². The van der Waals surface area contributed by atoms with Gasteiger partial charge >= 0.3 is 0 Å². The minimum atomic E-state index is 0.124. The molecule has 60 valence electrons. The summed E-state index contributed by atoms with van der Waals surface area (Å²) in [6, 6.07) is 1.95. The van der Waals surface area contributed by atoms with Gasteiger partial charge in [-0.05, 0) is 12.3 Å². The van der Waals surface area contributed by atoms with Crippen molar-refractivity contribution in [3.63, 3.8) is 0 Å². The van der Waals surface area contributed by atoms with E-state index in [-0.39, 0.29) is 18.4 Å². The molecule has 1 aliphatic carbocycles. The molecule has 3 nitrogen and oxygen atoms in total. The van der Waals surface area contributed by atoms with Crippen LogP contribution in [0.25, 0.3) is 0 Å². The summed E-state index contributed by atoms with van der Waals surface area (Å²) in [7, 11) is 1.68. The zero-order valence-electron chi connectivity index (χ0n) is 6.87. The molecular formula is C8H12N2O. The predicted molar refractivity (Wildman–Crippen MR) is 40.5 cm³/mol. The van der Waals surface area contributed by atoms with Gasteiger partial charge in [0.25, 0.3) is 0 Å². The van der Waals surface area contributed by atoms with E-state index in [1.165, 1.54) is 4.90 Å². The van der Waals surface area contributed by atoms with Crippen molar-refractivity contribution in [3.05, 3.63) is 0 Å². The van der Waals surface area contributed by atoms with Crippen LogP contribution < -0.4 is 0 Å². The van der Waals surface area contributed by atoms with Crippen LogP contribution in [0.5, 0.6) is 0 Å². The topological polar surface area (TPSA) is 44.1 Å². The minimum absolute atomic E-state index is 0.124. The molecule has 0 aromatic heterocycles. The van der Waals surface area contributed by atoms with Crippen LogP contribution in [-0.4, -0.2) is 24.4 Å². The molecule has 0 N–H and O–H groups in total. The molecule has 1 saturated carbocycles. The average molecular weight is 152 g/mol. The van der Waals surface area contributed by atoms with E-state index in [0.29, 0.717) is 5.92 Å². The highest BCUT2D eigenvalue weighted by Crippen LogP contribution is 2.38. The summed E-state index contributed by atoms with van der Waals surface area (Å²) in [5, 5.41) is 8.31. The van der Waals surface area contributed by atoms with Crippen LogP contribution in [0.4, 0.5) is 0 Å². The second kappa shape index (κ2) is 2.91. The van der Waals surface area contributed by atoms with Crippen LogP contribution in [0.2, 0.25) is 0 Å². The van der Waals surface area contributed by atoms with E-state index in [0.717, 1.165) is 6.42 Å². The van der Waals surface area contributed by atoms with Crippen LogP contribution >= 0.6 is 0 Å². The molecule has 0 saturated heterocycles. The number of hydrogen-bond acceptors (Lipinski definition) is 2. The molecule has 0 heterocycles. The third-order valence-corrected chi connectivity index (χ3v) is 2.11. The first kappa shape index (κ1) is 8.06. The Kier molecular flexibility index (Phi) is 2.13. The summed E-state index contributed by atoms with van der Waals surface area (Å²) in [5.74, 6) is 0.857.